The Morgan fingerprint density at radius 3 is 3.00 bits per heavy atom. The fourth-order valence-electron chi connectivity index (χ4n) is 1.44. The molecule has 0 amide bonds. The van der Waals surface area contributed by atoms with Gasteiger partial charge in [0.2, 0.25) is 0 Å². The van der Waals surface area contributed by atoms with Gasteiger partial charge in [0.15, 0.2) is 0 Å². The molecule has 3 heteroatoms. The average Bonchev–Trinajstić information content (AvgIpc) is 2.34. The van der Waals surface area contributed by atoms with Crippen molar-refractivity contribution in [1.29, 1.82) is 5.26 Å². The van der Waals surface area contributed by atoms with E-state index in [2.05, 4.69) is 18.0 Å². The number of unbranched alkanes of at least 4 members (excludes halogenated alkanes) is 1. The Labute approximate surface area is 96.4 Å². The van der Waals surface area contributed by atoms with Gasteiger partial charge in [-0.25, -0.2) is 0 Å². The lowest BCUT2D eigenvalue weighted by Gasteiger charge is -2.11. The summed E-state index contributed by atoms with van der Waals surface area (Å²) in [6, 6.07) is 7.58. The molecule has 1 rings (SSSR count). The van der Waals surface area contributed by atoms with Crippen LogP contribution in [0.3, 0.4) is 0 Å². The number of para-hydroxylation sites is 1. The number of nitriles is 1. The van der Waals surface area contributed by atoms with Crippen LogP contribution in [0.4, 0.5) is 5.69 Å². The third-order valence-electron chi connectivity index (χ3n) is 2.25. The van der Waals surface area contributed by atoms with Gasteiger partial charge in [0, 0.05) is 6.54 Å². The van der Waals surface area contributed by atoms with Gasteiger partial charge in [-0.2, -0.15) is 5.26 Å². The van der Waals surface area contributed by atoms with E-state index in [1.54, 1.807) is 13.2 Å². The maximum atomic E-state index is 8.98. The molecule has 0 saturated heterocycles. The molecule has 0 aliphatic rings. The molecular weight excluding hydrogens is 200 g/mol. The highest BCUT2D eigenvalue weighted by molar-refractivity contribution is 5.66. The van der Waals surface area contributed by atoms with Crippen LogP contribution in [0.1, 0.15) is 18.4 Å². The molecule has 0 bridgehead atoms. The Balaban J connectivity index is 2.75. The average molecular weight is 216 g/mol. The first kappa shape index (κ1) is 12.1. The first-order valence-corrected chi connectivity index (χ1v) is 5.25. The second-order valence-corrected chi connectivity index (χ2v) is 3.35. The van der Waals surface area contributed by atoms with Crippen molar-refractivity contribution < 1.29 is 4.74 Å². The van der Waals surface area contributed by atoms with E-state index in [1.165, 1.54) is 0 Å². The number of ether oxygens (including phenoxy) is 1. The van der Waals surface area contributed by atoms with Crippen molar-refractivity contribution in [2.45, 2.75) is 12.8 Å². The standard InChI is InChI=1S/C13H16N2O/c1-3-4-5-9-15-13-11(10-14)7-6-8-12(13)16-2/h3,6-8,15H,1,4-5,9H2,2H3. The molecule has 0 heterocycles. The van der Waals surface area contributed by atoms with Gasteiger partial charge in [-0.15, -0.1) is 6.58 Å². The number of methoxy groups -OCH3 is 1. The molecule has 1 N–H and O–H groups in total. The number of allylic oxidation sites excluding steroid dienone is 1. The number of benzene rings is 1. The number of rotatable bonds is 6. The van der Waals surface area contributed by atoms with E-state index in [9.17, 15) is 0 Å². The highest BCUT2D eigenvalue weighted by Crippen LogP contribution is 2.27. The van der Waals surface area contributed by atoms with Crippen molar-refractivity contribution in [3.8, 4) is 11.8 Å². The molecule has 1 aromatic carbocycles. The van der Waals surface area contributed by atoms with Crippen LogP contribution >= 0.6 is 0 Å². The van der Waals surface area contributed by atoms with Crippen LogP contribution in [-0.4, -0.2) is 13.7 Å². The second kappa shape index (κ2) is 6.52. The van der Waals surface area contributed by atoms with E-state index in [0.717, 1.165) is 25.1 Å². The molecule has 16 heavy (non-hydrogen) atoms. The van der Waals surface area contributed by atoms with Crippen LogP contribution in [-0.2, 0) is 0 Å². The van der Waals surface area contributed by atoms with Gasteiger partial charge in [0.1, 0.15) is 11.8 Å². The molecule has 0 aromatic heterocycles. The van der Waals surface area contributed by atoms with Crippen molar-refractivity contribution in [1.82, 2.24) is 0 Å². The molecule has 0 aliphatic heterocycles. The molecule has 1 aromatic rings. The van der Waals surface area contributed by atoms with Gasteiger partial charge in [0.05, 0.1) is 18.4 Å². The van der Waals surface area contributed by atoms with Crippen LogP contribution < -0.4 is 10.1 Å². The van der Waals surface area contributed by atoms with Crippen molar-refractivity contribution in [2.24, 2.45) is 0 Å². The molecule has 0 spiro atoms. The first-order valence-electron chi connectivity index (χ1n) is 5.25. The predicted molar refractivity (Wildman–Crippen MR) is 65.6 cm³/mol. The molecular formula is C13H16N2O. The Kier molecular flexibility index (Phi) is 4.94. The number of anilines is 1. The van der Waals surface area contributed by atoms with E-state index in [-0.39, 0.29) is 0 Å². The van der Waals surface area contributed by atoms with Gasteiger partial charge >= 0.3 is 0 Å². The molecule has 0 fully saturated rings. The third kappa shape index (κ3) is 3.03. The molecule has 0 saturated carbocycles. The number of nitrogens with one attached hydrogen (secondary N) is 1. The van der Waals surface area contributed by atoms with E-state index in [0.29, 0.717) is 11.3 Å². The molecule has 0 aliphatic carbocycles. The van der Waals surface area contributed by atoms with E-state index >= 15 is 0 Å². The Morgan fingerprint density at radius 2 is 2.38 bits per heavy atom. The maximum Gasteiger partial charge on any atom is 0.143 e. The molecule has 84 valence electrons. The van der Waals surface area contributed by atoms with Crippen molar-refractivity contribution in [3.63, 3.8) is 0 Å². The van der Waals surface area contributed by atoms with E-state index in [1.807, 2.05) is 18.2 Å². The lowest BCUT2D eigenvalue weighted by Crippen LogP contribution is -2.04. The number of hydrogen-bond donors (Lipinski definition) is 1. The van der Waals surface area contributed by atoms with Gasteiger partial charge in [-0.05, 0) is 25.0 Å². The van der Waals surface area contributed by atoms with Crippen molar-refractivity contribution in [3.05, 3.63) is 36.4 Å². The van der Waals surface area contributed by atoms with Crippen molar-refractivity contribution in [2.75, 3.05) is 19.0 Å². The van der Waals surface area contributed by atoms with E-state index in [4.69, 9.17) is 10.00 Å². The molecule has 0 radical (unpaired) electrons. The lowest BCUT2D eigenvalue weighted by molar-refractivity contribution is 0.416. The van der Waals surface area contributed by atoms with Crippen LogP contribution in [0.5, 0.6) is 5.75 Å². The molecule has 3 nitrogen and oxygen atoms in total. The van der Waals surface area contributed by atoms with Gasteiger partial charge in [-0.3, -0.25) is 0 Å². The second-order valence-electron chi connectivity index (χ2n) is 3.35. The quantitative estimate of drug-likeness (QED) is 0.587. The normalized spacial score (nSPS) is 9.25. The smallest absolute Gasteiger partial charge is 0.143 e. The summed E-state index contributed by atoms with van der Waals surface area (Å²) in [6.45, 7) is 4.47. The van der Waals surface area contributed by atoms with Crippen molar-refractivity contribution >= 4 is 5.69 Å². The minimum Gasteiger partial charge on any atom is -0.495 e. The largest absolute Gasteiger partial charge is 0.495 e. The minimum absolute atomic E-state index is 0.609. The Morgan fingerprint density at radius 1 is 1.56 bits per heavy atom. The summed E-state index contributed by atoms with van der Waals surface area (Å²) in [5, 5.41) is 12.2. The topological polar surface area (TPSA) is 45.0 Å². The molecule has 0 atom stereocenters. The maximum absolute atomic E-state index is 8.98. The summed E-state index contributed by atoms with van der Waals surface area (Å²) in [7, 11) is 1.60. The summed E-state index contributed by atoms with van der Waals surface area (Å²) in [4.78, 5) is 0. The summed E-state index contributed by atoms with van der Waals surface area (Å²) in [5.74, 6) is 0.706. The van der Waals surface area contributed by atoms with E-state index < -0.39 is 0 Å². The van der Waals surface area contributed by atoms with Crippen LogP contribution in [0, 0.1) is 11.3 Å². The van der Waals surface area contributed by atoms with Crippen LogP contribution in [0.2, 0.25) is 0 Å². The Bertz CT molecular complexity index is 393. The lowest BCUT2D eigenvalue weighted by atomic mass is 10.1. The minimum atomic E-state index is 0.609. The van der Waals surface area contributed by atoms with Crippen LogP contribution in [0.15, 0.2) is 30.9 Å². The SMILES string of the molecule is C=CCCCNc1c(C#N)cccc1OC. The fraction of sp³-hybridized carbons (Fsp3) is 0.308. The monoisotopic (exact) mass is 216 g/mol. The zero-order valence-electron chi connectivity index (χ0n) is 9.49. The number of hydrogen-bond acceptors (Lipinski definition) is 3. The summed E-state index contributed by atoms with van der Waals surface area (Å²) >= 11 is 0. The summed E-state index contributed by atoms with van der Waals surface area (Å²) in [5.41, 5.74) is 1.38. The summed E-state index contributed by atoms with van der Waals surface area (Å²) < 4.78 is 5.21. The zero-order valence-corrected chi connectivity index (χ0v) is 9.49. The molecule has 0 unspecified atom stereocenters. The zero-order chi connectivity index (χ0) is 11.8. The van der Waals surface area contributed by atoms with Gasteiger partial charge in [-0.1, -0.05) is 12.1 Å². The van der Waals surface area contributed by atoms with Gasteiger partial charge < -0.3 is 10.1 Å². The van der Waals surface area contributed by atoms with Gasteiger partial charge in [0.25, 0.3) is 0 Å². The van der Waals surface area contributed by atoms with Crippen LogP contribution in [0.25, 0.3) is 0 Å². The fourth-order valence-corrected chi connectivity index (χ4v) is 1.44. The predicted octanol–water partition coefficient (Wildman–Crippen LogP) is 2.94. The Hall–Kier alpha value is -1.95. The third-order valence-corrected chi connectivity index (χ3v) is 2.25. The first-order chi connectivity index (χ1) is 7.83. The number of nitrogens with zero attached hydrogens (tertiary/aromatic N) is 1. The summed E-state index contributed by atoms with van der Waals surface area (Å²) in [6.07, 6.45) is 3.84. The highest BCUT2D eigenvalue weighted by Gasteiger charge is 2.07. The highest BCUT2D eigenvalue weighted by atomic mass is 16.5.